The van der Waals surface area contributed by atoms with E-state index in [2.05, 4.69) is 4.98 Å². The molecule has 0 unspecified atom stereocenters. The molecule has 1 aromatic carbocycles. The van der Waals surface area contributed by atoms with Gasteiger partial charge in [0.25, 0.3) is 5.91 Å². The first-order valence-electron chi connectivity index (χ1n) is 4.98. The van der Waals surface area contributed by atoms with Crippen molar-refractivity contribution in [3.05, 3.63) is 53.2 Å². The molecular formula is C12H13N3O. The molecular weight excluding hydrogens is 202 g/mol. The van der Waals surface area contributed by atoms with Crippen LogP contribution in [0.25, 0.3) is 0 Å². The second kappa shape index (κ2) is 4.10. The summed E-state index contributed by atoms with van der Waals surface area (Å²) in [7, 11) is 0. The first-order valence-corrected chi connectivity index (χ1v) is 4.98. The molecule has 82 valence electrons. The lowest BCUT2D eigenvalue weighted by atomic mass is 10.1. The van der Waals surface area contributed by atoms with E-state index < -0.39 is 5.91 Å². The monoisotopic (exact) mass is 215 g/mol. The molecule has 2 aromatic rings. The molecule has 0 aliphatic rings. The summed E-state index contributed by atoms with van der Waals surface area (Å²) in [4.78, 5) is 14.0. The van der Waals surface area contributed by atoms with Crippen LogP contribution in [0.15, 0.2) is 36.4 Å². The Balaban J connectivity index is 2.23. The maximum Gasteiger partial charge on any atom is 0.252 e. The van der Waals surface area contributed by atoms with E-state index in [9.17, 15) is 4.79 Å². The number of benzene rings is 1. The molecule has 5 N–H and O–H groups in total. The van der Waals surface area contributed by atoms with Gasteiger partial charge in [-0.3, -0.25) is 4.79 Å². The van der Waals surface area contributed by atoms with Crippen molar-refractivity contribution < 1.29 is 4.79 Å². The maximum absolute atomic E-state index is 11.0. The minimum atomic E-state index is -0.506. The van der Waals surface area contributed by atoms with Gasteiger partial charge in [0.15, 0.2) is 0 Å². The van der Waals surface area contributed by atoms with Crippen molar-refractivity contribution in [2.24, 2.45) is 5.73 Å². The van der Waals surface area contributed by atoms with Crippen LogP contribution in [0.5, 0.6) is 0 Å². The van der Waals surface area contributed by atoms with Gasteiger partial charge in [0, 0.05) is 12.1 Å². The highest BCUT2D eigenvalue weighted by Crippen LogP contribution is 2.15. The van der Waals surface area contributed by atoms with Crippen LogP contribution >= 0.6 is 0 Å². The summed E-state index contributed by atoms with van der Waals surface area (Å²) < 4.78 is 0. The minimum absolute atomic E-state index is 0.332. The second-order valence-corrected chi connectivity index (χ2v) is 3.65. The number of rotatable bonds is 3. The Kier molecular flexibility index (Phi) is 2.64. The first kappa shape index (κ1) is 10.3. The lowest BCUT2D eigenvalue weighted by Gasteiger charge is -1.97. The van der Waals surface area contributed by atoms with E-state index in [0.717, 1.165) is 11.3 Å². The van der Waals surface area contributed by atoms with Crippen LogP contribution in [0, 0.1) is 0 Å². The molecule has 4 nitrogen and oxygen atoms in total. The van der Waals surface area contributed by atoms with Gasteiger partial charge in [-0.2, -0.15) is 0 Å². The van der Waals surface area contributed by atoms with Crippen LogP contribution in [-0.4, -0.2) is 10.9 Å². The number of aromatic amines is 1. The van der Waals surface area contributed by atoms with Gasteiger partial charge in [-0.15, -0.1) is 0 Å². The van der Waals surface area contributed by atoms with Crippen LogP contribution in [0.4, 0.5) is 5.82 Å². The zero-order chi connectivity index (χ0) is 11.5. The summed E-state index contributed by atoms with van der Waals surface area (Å²) in [6.45, 7) is 0. The van der Waals surface area contributed by atoms with E-state index in [4.69, 9.17) is 11.5 Å². The Morgan fingerprint density at radius 3 is 2.50 bits per heavy atom. The topological polar surface area (TPSA) is 84.9 Å². The van der Waals surface area contributed by atoms with Crippen LogP contribution in [-0.2, 0) is 6.42 Å². The Morgan fingerprint density at radius 1 is 1.25 bits per heavy atom. The number of nitrogen functional groups attached to an aromatic ring is 1. The highest BCUT2D eigenvalue weighted by atomic mass is 16.1. The standard InChI is InChI=1S/C12H13N3O/c13-11-10(12(14)16)7-9(15-11)6-8-4-2-1-3-5-8/h1-5,7,15H,6,13H2,(H2,14,16). The quantitative estimate of drug-likeness (QED) is 0.720. The molecule has 0 fully saturated rings. The third-order valence-electron chi connectivity index (χ3n) is 2.41. The predicted molar refractivity (Wildman–Crippen MR) is 63.0 cm³/mol. The predicted octanol–water partition coefficient (Wildman–Crippen LogP) is 1.29. The average Bonchev–Trinajstić information content (AvgIpc) is 2.61. The summed E-state index contributed by atoms with van der Waals surface area (Å²) in [5.74, 6) is -0.175. The van der Waals surface area contributed by atoms with Crippen molar-refractivity contribution >= 4 is 11.7 Å². The number of nitrogens with two attached hydrogens (primary N) is 2. The van der Waals surface area contributed by atoms with E-state index >= 15 is 0 Å². The van der Waals surface area contributed by atoms with E-state index in [1.807, 2.05) is 30.3 Å². The van der Waals surface area contributed by atoms with E-state index in [1.54, 1.807) is 6.07 Å². The normalized spacial score (nSPS) is 10.2. The number of nitrogens with one attached hydrogen (secondary N) is 1. The highest BCUT2D eigenvalue weighted by Gasteiger charge is 2.10. The number of primary amides is 1. The lowest BCUT2D eigenvalue weighted by molar-refractivity contribution is 0.100. The molecule has 0 radical (unpaired) electrons. The van der Waals surface area contributed by atoms with Gasteiger partial charge in [0.05, 0.1) is 5.56 Å². The van der Waals surface area contributed by atoms with Crippen molar-refractivity contribution in [2.45, 2.75) is 6.42 Å². The number of amides is 1. The highest BCUT2D eigenvalue weighted by molar-refractivity contribution is 5.97. The second-order valence-electron chi connectivity index (χ2n) is 3.65. The van der Waals surface area contributed by atoms with E-state index in [-0.39, 0.29) is 0 Å². The Hall–Kier alpha value is -2.23. The Morgan fingerprint density at radius 2 is 1.94 bits per heavy atom. The van der Waals surface area contributed by atoms with Crippen molar-refractivity contribution in [3.63, 3.8) is 0 Å². The van der Waals surface area contributed by atoms with Gasteiger partial charge in [0.1, 0.15) is 5.82 Å². The molecule has 2 rings (SSSR count). The molecule has 4 heteroatoms. The number of carbonyl (C=O) groups excluding carboxylic acids is 1. The average molecular weight is 215 g/mol. The third kappa shape index (κ3) is 2.06. The number of aromatic nitrogens is 1. The number of hydrogen-bond donors (Lipinski definition) is 3. The Bertz CT molecular complexity index is 502. The molecule has 1 amide bonds. The number of carbonyl (C=O) groups is 1. The zero-order valence-electron chi connectivity index (χ0n) is 8.73. The molecule has 1 aromatic heterocycles. The summed E-state index contributed by atoms with van der Waals surface area (Å²) in [6, 6.07) is 11.6. The first-order chi connectivity index (χ1) is 7.66. The van der Waals surface area contributed by atoms with Crippen molar-refractivity contribution in [1.82, 2.24) is 4.98 Å². The van der Waals surface area contributed by atoms with Gasteiger partial charge in [-0.1, -0.05) is 30.3 Å². The summed E-state index contributed by atoms with van der Waals surface area (Å²) in [5, 5.41) is 0. The number of hydrogen-bond acceptors (Lipinski definition) is 2. The fourth-order valence-electron chi connectivity index (χ4n) is 1.64. The van der Waals surface area contributed by atoms with E-state index in [1.165, 1.54) is 0 Å². The van der Waals surface area contributed by atoms with E-state index in [0.29, 0.717) is 17.8 Å². The maximum atomic E-state index is 11.0. The molecule has 1 heterocycles. The number of H-pyrrole nitrogens is 1. The Labute approximate surface area is 93.3 Å². The summed E-state index contributed by atoms with van der Waals surface area (Å²) >= 11 is 0. The fraction of sp³-hybridized carbons (Fsp3) is 0.0833. The molecule has 0 saturated heterocycles. The molecule has 0 aliphatic heterocycles. The number of anilines is 1. The SMILES string of the molecule is NC(=O)c1cc(Cc2ccccc2)[nH]c1N. The lowest BCUT2D eigenvalue weighted by Crippen LogP contribution is -2.11. The van der Waals surface area contributed by atoms with Crippen LogP contribution < -0.4 is 11.5 Å². The van der Waals surface area contributed by atoms with Crippen molar-refractivity contribution in [3.8, 4) is 0 Å². The van der Waals surface area contributed by atoms with Crippen LogP contribution in [0.2, 0.25) is 0 Å². The van der Waals surface area contributed by atoms with Gasteiger partial charge in [-0.25, -0.2) is 0 Å². The van der Waals surface area contributed by atoms with Crippen LogP contribution in [0.1, 0.15) is 21.6 Å². The van der Waals surface area contributed by atoms with Gasteiger partial charge in [-0.05, 0) is 11.6 Å². The third-order valence-corrected chi connectivity index (χ3v) is 2.41. The zero-order valence-corrected chi connectivity index (χ0v) is 8.73. The fourth-order valence-corrected chi connectivity index (χ4v) is 1.64. The van der Waals surface area contributed by atoms with Crippen molar-refractivity contribution in [1.29, 1.82) is 0 Å². The summed E-state index contributed by atoms with van der Waals surface area (Å²) in [5.41, 5.74) is 13.2. The van der Waals surface area contributed by atoms with Gasteiger partial charge in [0.2, 0.25) is 0 Å². The minimum Gasteiger partial charge on any atom is -0.385 e. The molecule has 0 bridgehead atoms. The van der Waals surface area contributed by atoms with Crippen LogP contribution in [0.3, 0.4) is 0 Å². The van der Waals surface area contributed by atoms with Gasteiger partial charge < -0.3 is 16.5 Å². The summed E-state index contributed by atoms with van der Waals surface area (Å²) in [6.07, 6.45) is 0.707. The smallest absolute Gasteiger partial charge is 0.252 e. The van der Waals surface area contributed by atoms with Gasteiger partial charge >= 0.3 is 0 Å². The molecule has 0 saturated carbocycles. The van der Waals surface area contributed by atoms with Crippen molar-refractivity contribution in [2.75, 3.05) is 5.73 Å². The molecule has 0 atom stereocenters. The molecule has 0 aliphatic carbocycles. The molecule has 16 heavy (non-hydrogen) atoms. The molecule has 0 spiro atoms. The largest absolute Gasteiger partial charge is 0.385 e.